The van der Waals surface area contributed by atoms with Gasteiger partial charge in [0, 0.05) is 39.8 Å². The molecule has 0 aliphatic carbocycles. The van der Waals surface area contributed by atoms with Gasteiger partial charge >= 0.3 is 5.97 Å². The minimum absolute atomic E-state index is 0. The first-order valence-corrected chi connectivity index (χ1v) is 9.11. The Bertz CT molecular complexity index is 892. The highest BCUT2D eigenvalue weighted by molar-refractivity contribution is 6.35. The van der Waals surface area contributed by atoms with E-state index < -0.39 is 18.1 Å². The molecule has 0 radical (unpaired) electrons. The molecule has 28 heavy (non-hydrogen) atoms. The van der Waals surface area contributed by atoms with Gasteiger partial charge in [-0.05, 0) is 29.8 Å². The number of carbonyl (C=O) groups is 2. The van der Waals surface area contributed by atoms with E-state index in [1.165, 1.54) is 7.11 Å². The average Bonchev–Trinajstić information content (AvgIpc) is 2.66. The average molecular weight is 445 g/mol. The molecule has 1 aliphatic heterocycles. The SMILES string of the molecule is COC(=O)[C@@H]1C[C@@H](NC(=O)c2cccc(CN)c2)c2c(Cl)cc(Cl)cc2N1.Cl. The molecule has 150 valence electrons. The first-order chi connectivity index (χ1) is 12.9. The van der Waals surface area contributed by atoms with Gasteiger partial charge in [0.1, 0.15) is 6.04 Å². The maximum atomic E-state index is 12.8. The zero-order valence-corrected chi connectivity index (χ0v) is 17.3. The Labute approximate surface area is 179 Å². The molecule has 2 aromatic carbocycles. The predicted octanol–water partition coefficient (Wildman–Crippen LogP) is 3.70. The number of halogens is 3. The predicted molar refractivity (Wildman–Crippen MR) is 112 cm³/mol. The number of rotatable bonds is 4. The van der Waals surface area contributed by atoms with Crippen LogP contribution in [-0.4, -0.2) is 25.0 Å². The van der Waals surface area contributed by atoms with Gasteiger partial charge in [-0.1, -0.05) is 35.3 Å². The van der Waals surface area contributed by atoms with Crippen LogP contribution in [0.25, 0.3) is 0 Å². The number of esters is 1. The van der Waals surface area contributed by atoms with Crippen molar-refractivity contribution in [1.82, 2.24) is 5.32 Å². The number of hydrogen-bond acceptors (Lipinski definition) is 5. The third-order valence-electron chi connectivity index (χ3n) is 4.46. The Hall–Kier alpha value is -1.99. The van der Waals surface area contributed by atoms with Crippen LogP contribution in [-0.2, 0) is 16.1 Å². The largest absolute Gasteiger partial charge is 0.467 e. The van der Waals surface area contributed by atoms with Crippen molar-refractivity contribution < 1.29 is 14.3 Å². The minimum atomic E-state index is -0.627. The monoisotopic (exact) mass is 443 g/mol. The van der Waals surface area contributed by atoms with E-state index in [-0.39, 0.29) is 18.3 Å². The molecule has 2 atom stereocenters. The van der Waals surface area contributed by atoms with Crippen molar-refractivity contribution in [2.45, 2.75) is 25.0 Å². The molecule has 0 saturated carbocycles. The summed E-state index contributed by atoms with van der Waals surface area (Å²) in [6.45, 7) is 0.339. The quantitative estimate of drug-likeness (QED) is 0.625. The molecule has 0 bridgehead atoms. The van der Waals surface area contributed by atoms with Crippen LogP contribution in [0, 0.1) is 0 Å². The number of anilines is 1. The molecule has 6 nitrogen and oxygen atoms in total. The van der Waals surface area contributed by atoms with Crippen molar-refractivity contribution in [1.29, 1.82) is 0 Å². The number of methoxy groups -OCH3 is 1. The van der Waals surface area contributed by atoms with Gasteiger partial charge in [0.2, 0.25) is 0 Å². The number of amides is 1. The molecule has 0 unspecified atom stereocenters. The molecule has 4 N–H and O–H groups in total. The van der Waals surface area contributed by atoms with Gasteiger partial charge in [-0.25, -0.2) is 4.79 Å². The Balaban J connectivity index is 0.00000280. The summed E-state index contributed by atoms with van der Waals surface area (Å²) in [5, 5.41) is 6.88. The van der Waals surface area contributed by atoms with Gasteiger partial charge < -0.3 is 21.1 Å². The summed E-state index contributed by atoms with van der Waals surface area (Å²) in [4.78, 5) is 24.8. The van der Waals surface area contributed by atoms with E-state index in [9.17, 15) is 9.59 Å². The highest BCUT2D eigenvalue weighted by Gasteiger charge is 2.34. The van der Waals surface area contributed by atoms with E-state index in [0.29, 0.717) is 39.8 Å². The second-order valence-corrected chi connectivity index (χ2v) is 7.08. The van der Waals surface area contributed by atoms with E-state index in [1.54, 1.807) is 30.3 Å². The van der Waals surface area contributed by atoms with Crippen LogP contribution in [0.4, 0.5) is 5.69 Å². The fraction of sp³-hybridized carbons (Fsp3) is 0.263. The molecule has 0 spiro atoms. The summed E-state index contributed by atoms with van der Waals surface area (Å²) in [5.74, 6) is -0.709. The lowest BCUT2D eigenvalue weighted by Gasteiger charge is -2.33. The summed E-state index contributed by atoms with van der Waals surface area (Å²) in [5.41, 5.74) is 8.26. The van der Waals surface area contributed by atoms with Crippen molar-refractivity contribution in [2.75, 3.05) is 12.4 Å². The number of benzene rings is 2. The fourth-order valence-corrected chi connectivity index (χ4v) is 3.79. The number of fused-ring (bicyclic) bond motifs is 1. The van der Waals surface area contributed by atoms with Crippen molar-refractivity contribution in [3.05, 3.63) is 63.1 Å². The number of ether oxygens (including phenoxy) is 1. The van der Waals surface area contributed by atoms with Crippen LogP contribution in [0.5, 0.6) is 0 Å². The molecule has 0 saturated heterocycles. The van der Waals surface area contributed by atoms with E-state index in [4.69, 9.17) is 33.7 Å². The number of nitrogens with one attached hydrogen (secondary N) is 2. The highest BCUT2D eigenvalue weighted by Crippen LogP contribution is 2.40. The second kappa shape index (κ2) is 9.47. The van der Waals surface area contributed by atoms with Crippen molar-refractivity contribution in [3.8, 4) is 0 Å². The Morgan fingerprint density at radius 1 is 1.29 bits per heavy atom. The third kappa shape index (κ3) is 4.70. The van der Waals surface area contributed by atoms with Crippen molar-refractivity contribution in [3.63, 3.8) is 0 Å². The van der Waals surface area contributed by atoms with Gasteiger partial charge in [0.05, 0.1) is 13.2 Å². The lowest BCUT2D eigenvalue weighted by atomic mass is 9.92. The molecule has 9 heteroatoms. The lowest BCUT2D eigenvalue weighted by molar-refractivity contribution is -0.141. The van der Waals surface area contributed by atoms with Crippen LogP contribution in [0.2, 0.25) is 10.0 Å². The van der Waals surface area contributed by atoms with Crippen LogP contribution < -0.4 is 16.4 Å². The Morgan fingerprint density at radius 2 is 2.04 bits per heavy atom. The molecule has 1 amide bonds. The Morgan fingerprint density at radius 3 is 2.71 bits per heavy atom. The molecule has 0 aromatic heterocycles. The maximum absolute atomic E-state index is 12.8. The van der Waals surface area contributed by atoms with E-state index in [1.807, 2.05) is 6.07 Å². The molecule has 1 aliphatic rings. The smallest absolute Gasteiger partial charge is 0.328 e. The summed E-state index contributed by atoms with van der Waals surface area (Å²) < 4.78 is 4.84. The molecule has 1 heterocycles. The second-order valence-electron chi connectivity index (χ2n) is 6.24. The normalized spacial score (nSPS) is 17.6. The summed E-state index contributed by atoms with van der Waals surface area (Å²) in [6.07, 6.45) is 0.295. The van der Waals surface area contributed by atoms with Gasteiger partial charge in [-0.15, -0.1) is 12.4 Å². The third-order valence-corrected chi connectivity index (χ3v) is 4.99. The topological polar surface area (TPSA) is 93.5 Å². The van der Waals surface area contributed by atoms with Crippen LogP contribution >= 0.6 is 35.6 Å². The Kier molecular flexibility index (Phi) is 7.55. The van der Waals surface area contributed by atoms with E-state index >= 15 is 0 Å². The fourth-order valence-electron chi connectivity index (χ4n) is 3.17. The summed E-state index contributed by atoms with van der Waals surface area (Å²) in [7, 11) is 1.32. The minimum Gasteiger partial charge on any atom is -0.467 e. The summed E-state index contributed by atoms with van der Waals surface area (Å²) in [6, 6.07) is 9.24. The van der Waals surface area contributed by atoms with Crippen molar-refractivity contribution in [2.24, 2.45) is 5.73 Å². The van der Waals surface area contributed by atoms with E-state index in [0.717, 1.165) is 5.56 Å². The molecular formula is C19H20Cl3N3O3. The number of nitrogens with two attached hydrogens (primary N) is 1. The van der Waals surface area contributed by atoms with Gasteiger partial charge in [-0.3, -0.25) is 4.79 Å². The molecule has 3 rings (SSSR count). The van der Waals surface area contributed by atoms with E-state index in [2.05, 4.69) is 10.6 Å². The van der Waals surface area contributed by atoms with Crippen LogP contribution in [0.1, 0.15) is 33.9 Å². The summed E-state index contributed by atoms with van der Waals surface area (Å²) >= 11 is 12.5. The highest BCUT2D eigenvalue weighted by atomic mass is 35.5. The van der Waals surface area contributed by atoms with Crippen LogP contribution in [0.15, 0.2) is 36.4 Å². The lowest BCUT2D eigenvalue weighted by Crippen LogP contribution is -2.41. The van der Waals surface area contributed by atoms with Crippen LogP contribution in [0.3, 0.4) is 0 Å². The first-order valence-electron chi connectivity index (χ1n) is 8.36. The van der Waals surface area contributed by atoms with Gasteiger partial charge in [0.25, 0.3) is 5.91 Å². The maximum Gasteiger partial charge on any atom is 0.328 e. The van der Waals surface area contributed by atoms with Gasteiger partial charge in [0.15, 0.2) is 0 Å². The number of hydrogen-bond donors (Lipinski definition) is 3. The zero-order valence-electron chi connectivity index (χ0n) is 15.0. The molecular weight excluding hydrogens is 425 g/mol. The molecule has 2 aromatic rings. The number of carbonyl (C=O) groups excluding carboxylic acids is 2. The first kappa shape index (κ1) is 22.3. The van der Waals surface area contributed by atoms with Crippen molar-refractivity contribution >= 4 is 53.2 Å². The molecule has 0 fully saturated rings. The zero-order chi connectivity index (χ0) is 19.6. The van der Waals surface area contributed by atoms with Gasteiger partial charge in [-0.2, -0.15) is 0 Å². The standard InChI is InChI=1S/C19H19Cl2N3O3.ClH/c1-27-19(26)16-8-15(17-13(21)6-12(20)7-14(17)23-16)24-18(25)11-4-2-3-10(5-11)9-22;/h2-7,15-16,23H,8-9,22H2,1H3,(H,24,25);1H/t15-,16+;/m1./s1.